The van der Waals surface area contributed by atoms with Crippen molar-refractivity contribution in [3.63, 3.8) is 0 Å². The van der Waals surface area contributed by atoms with Gasteiger partial charge in [0.25, 0.3) is 5.56 Å². The topological polar surface area (TPSA) is 71.8 Å². The third-order valence-electron chi connectivity index (χ3n) is 2.68. The Morgan fingerprint density at radius 1 is 1.25 bits per heavy atom. The number of rotatable bonds is 3. The standard InChI is InChI=1S/C13H12F3N3O/c14-13(15,16)9-3-1-2-8(4-9)5-11-18-10(7-17)6-12(20)19-11/h1-4,6H,5,7,17H2,(H,18,19,20). The van der Waals surface area contributed by atoms with Crippen molar-refractivity contribution in [2.45, 2.75) is 19.1 Å². The van der Waals surface area contributed by atoms with Gasteiger partial charge in [0, 0.05) is 19.0 Å². The van der Waals surface area contributed by atoms with E-state index in [9.17, 15) is 18.0 Å². The van der Waals surface area contributed by atoms with Crippen molar-refractivity contribution in [3.8, 4) is 0 Å². The summed E-state index contributed by atoms with van der Waals surface area (Å²) in [6.45, 7) is 0.0967. The molecule has 0 atom stereocenters. The number of halogens is 3. The molecule has 0 aliphatic heterocycles. The van der Waals surface area contributed by atoms with E-state index in [1.807, 2.05) is 0 Å². The Kier molecular flexibility index (Phi) is 3.89. The van der Waals surface area contributed by atoms with Gasteiger partial charge in [0.1, 0.15) is 5.82 Å². The lowest BCUT2D eigenvalue weighted by Gasteiger charge is -2.08. The van der Waals surface area contributed by atoms with Gasteiger partial charge in [-0.3, -0.25) is 4.79 Å². The van der Waals surface area contributed by atoms with Crippen LogP contribution in [0.25, 0.3) is 0 Å². The average molecular weight is 283 g/mol. The number of nitrogens with zero attached hydrogens (tertiary/aromatic N) is 1. The molecular formula is C13H12F3N3O. The quantitative estimate of drug-likeness (QED) is 0.902. The molecule has 0 amide bonds. The summed E-state index contributed by atoms with van der Waals surface area (Å²) in [7, 11) is 0. The zero-order valence-electron chi connectivity index (χ0n) is 10.4. The van der Waals surface area contributed by atoms with Crippen molar-refractivity contribution in [1.82, 2.24) is 9.97 Å². The monoisotopic (exact) mass is 283 g/mol. The fourth-order valence-electron chi connectivity index (χ4n) is 1.80. The van der Waals surface area contributed by atoms with E-state index < -0.39 is 11.7 Å². The molecule has 1 aromatic carbocycles. The Labute approximate surface area is 112 Å². The van der Waals surface area contributed by atoms with Crippen LogP contribution in [0.15, 0.2) is 35.1 Å². The van der Waals surface area contributed by atoms with Crippen LogP contribution in [-0.2, 0) is 19.1 Å². The SMILES string of the molecule is NCc1cc(=O)[nH]c(Cc2cccc(C(F)(F)F)c2)n1. The minimum Gasteiger partial charge on any atom is -0.325 e. The summed E-state index contributed by atoms with van der Waals surface area (Å²) >= 11 is 0. The van der Waals surface area contributed by atoms with Gasteiger partial charge in [-0.15, -0.1) is 0 Å². The molecule has 1 heterocycles. The van der Waals surface area contributed by atoms with E-state index in [4.69, 9.17) is 5.73 Å². The zero-order chi connectivity index (χ0) is 14.8. The van der Waals surface area contributed by atoms with Crippen LogP contribution in [0.4, 0.5) is 13.2 Å². The van der Waals surface area contributed by atoms with Gasteiger partial charge in [0.05, 0.1) is 11.3 Å². The van der Waals surface area contributed by atoms with E-state index in [0.29, 0.717) is 11.3 Å². The molecule has 0 saturated heterocycles. The van der Waals surface area contributed by atoms with Crippen LogP contribution in [0.3, 0.4) is 0 Å². The molecule has 0 unspecified atom stereocenters. The van der Waals surface area contributed by atoms with E-state index in [0.717, 1.165) is 12.1 Å². The number of nitrogens with one attached hydrogen (secondary N) is 1. The molecule has 0 saturated carbocycles. The predicted molar refractivity (Wildman–Crippen MR) is 67.0 cm³/mol. The molecule has 0 bridgehead atoms. The normalized spacial score (nSPS) is 11.6. The van der Waals surface area contributed by atoms with E-state index in [1.54, 1.807) is 6.07 Å². The minimum absolute atomic E-state index is 0.0967. The molecule has 7 heteroatoms. The number of aromatic nitrogens is 2. The number of nitrogens with two attached hydrogens (primary N) is 1. The Morgan fingerprint density at radius 3 is 2.65 bits per heavy atom. The highest BCUT2D eigenvalue weighted by atomic mass is 19.4. The van der Waals surface area contributed by atoms with Crippen LogP contribution in [0, 0.1) is 0 Å². The number of hydrogen-bond acceptors (Lipinski definition) is 3. The number of benzene rings is 1. The molecule has 0 radical (unpaired) electrons. The highest BCUT2D eigenvalue weighted by Gasteiger charge is 2.30. The van der Waals surface area contributed by atoms with Gasteiger partial charge in [-0.05, 0) is 11.6 Å². The van der Waals surface area contributed by atoms with Crippen molar-refractivity contribution in [1.29, 1.82) is 0 Å². The van der Waals surface area contributed by atoms with Gasteiger partial charge in [-0.1, -0.05) is 18.2 Å². The molecule has 0 spiro atoms. The summed E-state index contributed by atoms with van der Waals surface area (Å²) in [6, 6.07) is 6.16. The maximum Gasteiger partial charge on any atom is 0.416 e. The van der Waals surface area contributed by atoms with Crippen LogP contribution >= 0.6 is 0 Å². The van der Waals surface area contributed by atoms with Crippen molar-refractivity contribution in [2.24, 2.45) is 5.73 Å². The number of H-pyrrole nitrogens is 1. The average Bonchev–Trinajstić information content (AvgIpc) is 2.37. The van der Waals surface area contributed by atoms with Gasteiger partial charge in [-0.25, -0.2) is 4.98 Å². The highest BCUT2D eigenvalue weighted by Crippen LogP contribution is 2.29. The molecule has 1 aromatic heterocycles. The summed E-state index contributed by atoms with van der Waals surface area (Å²) in [5.41, 5.74) is 5.11. The van der Waals surface area contributed by atoms with Crippen molar-refractivity contribution < 1.29 is 13.2 Å². The van der Waals surface area contributed by atoms with Gasteiger partial charge in [0.2, 0.25) is 0 Å². The first kappa shape index (κ1) is 14.3. The van der Waals surface area contributed by atoms with Gasteiger partial charge >= 0.3 is 6.18 Å². The molecule has 0 aliphatic carbocycles. The summed E-state index contributed by atoms with van der Waals surface area (Å²) in [6.07, 6.45) is -4.29. The molecule has 4 nitrogen and oxygen atoms in total. The number of hydrogen-bond donors (Lipinski definition) is 2. The second-order valence-corrected chi connectivity index (χ2v) is 4.26. The summed E-state index contributed by atoms with van der Waals surface area (Å²) in [5.74, 6) is 0.289. The predicted octanol–water partition coefficient (Wildman–Crippen LogP) is 1.84. The lowest BCUT2D eigenvalue weighted by Crippen LogP contribution is -2.15. The smallest absolute Gasteiger partial charge is 0.325 e. The third kappa shape index (κ3) is 3.45. The van der Waals surface area contributed by atoms with E-state index in [2.05, 4.69) is 9.97 Å². The maximum absolute atomic E-state index is 12.6. The second kappa shape index (κ2) is 5.46. The van der Waals surface area contributed by atoms with Crippen LogP contribution in [-0.4, -0.2) is 9.97 Å². The third-order valence-corrected chi connectivity index (χ3v) is 2.68. The first-order valence-electron chi connectivity index (χ1n) is 5.84. The molecule has 3 N–H and O–H groups in total. The van der Waals surface area contributed by atoms with Crippen LogP contribution in [0.1, 0.15) is 22.6 Å². The Morgan fingerprint density at radius 2 is 2.00 bits per heavy atom. The van der Waals surface area contributed by atoms with E-state index in [1.165, 1.54) is 12.1 Å². The molecule has 2 aromatic rings. The lowest BCUT2D eigenvalue weighted by molar-refractivity contribution is -0.137. The van der Waals surface area contributed by atoms with Gasteiger partial charge in [-0.2, -0.15) is 13.2 Å². The van der Waals surface area contributed by atoms with Crippen molar-refractivity contribution >= 4 is 0 Å². The zero-order valence-corrected chi connectivity index (χ0v) is 10.4. The van der Waals surface area contributed by atoms with Crippen molar-refractivity contribution in [2.75, 3.05) is 0 Å². The molecular weight excluding hydrogens is 271 g/mol. The maximum atomic E-state index is 12.6. The van der Waals surface area contributed by atoms with E-state index in [-0.39, 0.29) is 24.3 Å². The molecule has 0 fully saturated rings. The summed E-state index contributed by atoms with van der Waals surface area (Å²) < 4.78 is 37.8. The summed E-state index contributed by atoms with van der Waals surface area (Å²) in [5, 5.41) is 0. The first-order valence-corrected chi connectivity index (χ1v) is 5.84. The fraction of sp³-hybridized carbons (Fsp3) is 0.231. The highest BCUT2D eigenvalue weighted by molar-refractivity contribution is 5.27. The number of aromatic amines is 1. The van der Waals surface area contributed by atoms with Gasteiger partial charge < -0.3 is 10.7 Å². The minimum atomic E-state index is -4.39. The van der Waals surface area contributed by atoms with Crippen LogP contribution in [0.5, 0.6) is 0 Å². The molecule has 20 heavy (non-hydrogen) atoms. The van der Waals surface area contributed by atoms with Crippen LogP contribution in [0.2, 0.25) is 0 Å². The lowest BCUT2D eigenvalue weighted by atomic mass is 10.1. The fourth-order valence-corrected chi connectivity index (χ4v) is 1.80. The molecule has 2 rings (SSSR count). The van der Waals surface area contributed by atoms with Crippen LogP contribution < -0.4 is 11.3 Å². The van der Waals surface area contributed by atoms with Gasteiger partial charge in [0.15, 0.2) is 0 Å². The Hall–Kier alpha value is -2.15. The Balaban J connectivity index is 2.31. The first-order chi connectivity index (χ1) is 9.38. The second-order valence-electron chi connectivity index (χ2n) is 4.26. The summed E-state index contributed by atoms with van der Waals surface area (Å²) in [4.78, 5) is 17.9. The van der Waals surface area contributed by atoms with E-state index >= 15 is 0 Å². The largest absolute Gasteiger partial charge is 0.416 e. The number of alkyl halides is 3. The Bertz CT molecular complexity index is 664. The van der Waals surface area contributed by atoms with Crippen molar-refractivity contribution in [3.05, 3.63) is 63.3 Å². The molecule has 0 aliphatic rings. The molecule has 106 valence electrons.